The van der Waals surface area contributed by atoms with Crippen molar-refractivity contribution in [3.63, 3.8) is 0 Å². The van der Waals surface area contributed by atoms with Gasteiger partial charge in [0, 0.05) is 18.2 Å². The van der Waals surface area contributed by atoms with Crippen LogP contribution in [0.15, 0.2) is 60.7 Å². The van der Waals surface area contributed by atoms with Crippen LogP contribution in [0.4, 0.5) is 0 Å². The van der Waals surface area contributed by atoms with Gasteiger partial charge in [-0.25, -0.2) is 0 Å². The minimum atomic E-state index is 0.385. The van der Waals surface area contributed by atoms with Gasteiger partial charge < -0.3 is 19.1 Å². The molecule has 0 N–H and O–H groups in total. The summed E-state index contributed by atoms with van der Waals surface area (Å²) in [6, 6.07) is 21.7. The number of benzene rings is 3. The zero-order valence-electron chi connectivity index (χ0n) is 18.9. The summed E-state index contributed by atoms with van der Waals surface area (Å²) in [5.41, 5.74) is 6.20. The Balaban J connectivity index is 1.87. The van der Waals surface area contributed by atoms with Crippen molar-refractivity contribution in [1.82, 2.24) is 4.90 Å². The number of fused-ring (bicyclic) bond motifs is 3. The summed E-state index contributed by atoms with van der Waals surface area (Å²) in [4.78, 5) is 2.49. The fourth-order valence-corrected chi connectivity index (χ4v) is 4.57. The van der Waals surface area contributed by atoms with E-state index in [9.17, 15) is 0 Å². The maximum atomic E-state index is 5.90. The molecule has 162 valence electrons. The summed E-state index contributed by atoms with van der Waals surface area (Å²) < 4.78 is 17.1. The second-order valence-corrected chi connectivity index (χ2v) is 8.14. The van der Waals surface area contributed by atoms with Gasteiger partial charge in [-0.15, -0.1) is 0 Å². The molecule has 0 saturated carbocycles. The average Bonchev–Trinajstić information content (AvgIpc) is 2.86. The zero-order chi connectivity index (χ0) is 21.8. The second-order valence-electron chi connectivity index (χ2n) is 8.14. The summed E-state index contributed by atoms with van der Waals surface area (Å²) in [7, 11) is 7.36. The van der Waals surface area contributed by atoms with Gasteiger partial charge >= 0.3 is 0 Å². The fourth-order valence-electron chi connectivity index (χ4n) is 4.57. The largest absolute Gasteiger partial charge is 0.497 e. The van der Waals surface area contributed by atoms with Crippen LogP contribution in [0.5, 0.6) is 17.2 Å². The highest BCUT2D eigenvalue weighted by atomic mass is 16.5. The first-order valence-corrected chi connectivity index (χ1v) is 10.8. The third kappa shape index (κ3) is 4.40. The molecule has 0 saturated heterocycles. The molecule has 0 bridgehead atoms. The van der Waals surface area contributed by atoms with Crippen LogP contribution in [-0.2, 0) is 19.3 Å². The molecule has 4 heteroatoms. The van der Waals surface area contributed by atoms with E-state index in [2.05, 4.69) is 60.5 Å². The minimum absolute atomic E-state index is 0.385. The lowest BCUT2D eigenvalue weighted by atomic mass is 9.89. The van der Waals surface area contributed by atoms with E-state index in [1.165, 1.54) is 22.3 Å². The van der Waals surface area contributed by atoms with E-state index < -0.39 is 0 Å². The Hall–Kier alpha value is -2.98. The lowest BCUT2D eigenvalue weighted by Crippen LogP contribution is -2.36. The number of hydrogen-bond donors (Lipinski definition) is 0. The van der Waals surface area contributed by atoms with Crippen LogP contribution in [0, 0.1) is 0 Å². The molecule has 4 rings (SSSR count). The van der Waals surface area contributed by atoms with Crippen LogP contribution < -0.4 is 14.2 Å². The third-order valence-electron chi connectivity index (χ3n) is 6.35. The molecule has 4 nitrogen and oxygen atoms in total. The summed E-state index contributed by atoms with van der Waals surface area (Å²) >= 11 is 0. The molecule has 1 unspecified atom stereocenters. The van der Waals surface area contributed by atoms with E-state index in [0.29, 0.717) is 6.04 Å². The number of rotatable bonds is 5. The Morgan fingerprint density at radius 1 is 0.871 bits per heavy atom. The number of methoxy groups -OCH3 is 3. The predicted molar refractivity (Wildman–Crippen MR) is 126 cm³/mol. The molecule has 3 aromatic rings. The topological polar surface area (TPSA) is 30.9 Å². The van der Waals surface area contributed by atoms with Crippen LogP contribution >= 0.6 is 0 Å². The van der Waals surface area contributed by atoms with Crippen molar-refractivity contribution < 1.29 is 14.2 Å². The lowest BCUT2D eigenvalue weighted by Gasteiger charge is -2.28. The van der Waals surface area contributed by atoms with Gasteiger partial charge in [0.05, 0.1) is 21.3 Å². The first kappa shape index (κ1) is 21.3. The van der Waals surface area contributed by atoms with Crippen LogP contribution in [0.3, 0.4) is 0 Å². The molecule has 31 heavy (non-hydrogen) atoms. The Morgan fingerprint density at radius 3 is 2.35 bits per heavy atom. The van der Waals surface area contributed by atoms with Crippen LogP contribution in [0.25, 0.3) is 11.1 Å². The molecule has 0 aliphatic carbocycles. The Bertz CT molecular complexity index is 1030. The van der Waals surface area contributed by atoms with E-state index in [0.717, 1.165) is 48.6 Å². The van der Waals surface area contributed by atoms with E-state index in [-0.39, 0.29) is 0 Å². The van der Waals surface area contributed by atoms with Crippen molar-refractivity contribution in [1.29, 1.82) is 0 Å². The van der Waals surface area contributed by atoms with E-state index >= 15 is 0 Å². The molecule has 1 atom stereocenters. The Labute approximate surface area is 185 Å². The maximum absolute atomic E-state index is 5.90. The van der Waals surface area contributed by atoms with Gasteiger partial charge in [0.15, 0.2) is 11.5 Å². The smallest absolute Gasteiger partial charge is 0.168 e. The Morgan fingerprint density at radius 2 is 1.65 bits per heavy atom. The maximum Gasteiger partial charge on any atom is 0.168 e. The molecule has 0 radical (unpaired) electrons. The number of ether oxygens (including phenoxy) is 3. The summed E-state index contributed by atoms with van der Waals surface area (Å²) in [5, 5.41) is 0. The van der Waals surface area contributed by atoms with E-state index in [1.54, 1.807) is 21.3 Å². The van der Waals surface area contributed by atoms with E-state index in [1.807, 2.05) is 12.1 Å². The standard InChI is InChI=1S/C27H31NO3/c1-28-15-14-20-10-12-23(29-2)18-24(20)26-21(11-13-25(30-3)27(26)31-4)17-22(28)16-19-8-6-5-7-9-19/h5-13,18,22H,14-17H2,1-4H3. The predicted octanol–water partition coefficient (Wildman–Crippen LogP) is 5.02. The first-order valence-electron chi connectivity index (χ1n) is 10.8. The average molecular weight is 418 g/mol. The van der Waals surface area contributed by atoms with Gasteiger partial charge in [-0.2, -0.15) is 0 Å². The minimum Gasteiger partial charge on any atom is -0.497 e. The monoisotopic (exact) mass is 417 g/mol. The molecular weight excluding hydrogens is 386 g/mol. The van der Waals surface area contributed by atoms with Crippen LogP contribution in [0.1, 0.15) is 16.7 Å². The first-order chi connectivity index (χ1) is 15.1. The normalized spacial score (nSPS) is 16.3. The number of hydrogen-bond acceptors (Lipinski definition) is 4. The van der Waals surface area contributed by atoms with Crippen LogP contribution in [0.2, 0.25) is 0 Å². The molecule has 0 spiro atoms. The molecule has 0 amide bonds. The molecule has 1 aliphatic heterocycles. The van der Waals surface area contributed by atoms with Crippen molar-refractivity contribution in [2.45, 2.75) is 25.3 Å². The van der Waals surface area contributed by atoms with Crippen molar-refractivity contribution in [3.05, 3.63) is 77.4 Å². The van der Waals surface area contributed by atoms with Gasteiger partial charge in [-0.05, 0) is 66.8 Å². The van der Waals surface area contributed by atoms with Gasteiger partial charge in [0.2, 0.25) is 0 Å². The summed E-state index contributed by atoms with van der Waals surface area (Å²) in [5.74, 6) is 2.39. The molecule has 3 aromatic carbocycles. The van der Waals surface area contributed by atoms with Gasteiger partial charge in [-0.1, -0.05) is 42.5 Å². The lowest BCUT2D eigenvalue weighted by molar-refractivity contribution is 0.242. The highest BCUT2D eigenvalue weighted by Gasteiger charge is 2.26. The Kier molecular flexibility index (Phi) is 6.47. The van der Waals surface area contributed by atoms with E-state index in [4.69, 9.17) is 14.2 Å². The van der Waals surface area contributed by atoms with Gasteiger partial charge in [-0.3, -0.25) is 0 Å². The molecule has 1 aliphatic rings. The number of likely N-dealkylation sites (N-methyl/N-ethyl adjacent to an activating group) is 1. The van der Waals surface area contributed by atoms with Gasteiger partial charge in [0.25, 0.3) is 0 Å². The SMILES string of the molecule is COc1ccc2c(c1)-c1c(ccc(OC)c1OC)CC(Cc1ccccc1)N(C)CC2. The quantitative estimate of drug-likeness (QED) is 0.583. The van der Waals surface area contributed by atoms with Crippen molar-refractivity contribution in [2.24, 2.45) is 0 Å². The molecule has 0 aromatic heterocycles. The second kappa shape index (κ2) is 9.44. The highest BCUT2D eigenvalue weighted by Crippen LogP contribution is 2.44. The van der Waals surface area contributed by atoms with Crippen molar-refractivity contribution >= 4 is 0 Å². The molecule has 0 fully saturated rings. The van der Waals surface area contributed by atoms with Gasteiger partial charge in [0.1, 0.15) is 5.75 Å². The third-order valence-corrected chi connectivity index (χ3v) is 6.35. The molecular formula is C27H31NO3. The van der Waals surface area contributed by atoms with Crippen molar-refractivity contribution in [3.8, 4) is 28.4 Å². The van der Waals surface area contributed by atoms with Crippen LogP contribution in [-0.4, -0.2) is 45.9 Å². The summed E-state index contributed by atoms with van der Waals surface area (Å²) in [6.07, 6.45) is 2.89. The van der Waals surface area contributed by atoms with Crippen molar-refractivity contribution in [2.75, 3.05) is 34.9 Å². The highest BCUT2D eigenvalue weighted by molar-refractivity contribution is 5.80. The summed E-state index contributed by atoms with van der Waals surface area (Å²) in [6.45, 7) is 0.990. The molecule has 1 heterocycles. The zero-order valence-corrected chi connectivity index (χ0v) is 18.9. The fraction of sp³-hybridized carbons (Fsp3) is 0.333. The number of nitrogens with zero attached hydrogens (tertiary/aromatic N) is 1.